The SMILES string of the molecule is Cc1cc2c(cc1C=Nc1ccc(Cl)cc1)[C@H](C)CC(C)(C)N2C. The van der Waals surface area contributed by atoms with E-state index in [-0.39, 0.29) is 5.54 Å². The second kappa shape index (κ2) is 6.25. The van der Waals surface area contributed by atoms with Crippen molar-refractivity contribution in [2.75, 3.05) is 11.9 Å². The molecule has 0 aromatic heterocycles. The number of fused-ring (bicyclic) bond motifs is 1. The van der Waals surface area contributed by atoms with Crippen LogP contribution in [0.3, 0.4) is 0 Å². The van der Waals surface area contributed by atoms with E-state index >= 15 is 0 Å². The van der Waals surface area contributed by atoms with Crippen molar-refractivity contribution in [2.45, 2.75) is 45.6 Å². The second-order valence-electron chi connectivity index (χ2n) is 7.48. The highest BCUT2D eigenvalue weighted by Gasteiger charge is 2.34. The Morgan fingerprint density at radius 1 is 1.21 bits per heavy atom. The Morgan fingerprint density at radius 2 is 1.88 bits per heavy atom. The molecule has 126 valence electrons. The lowest BCUT2D eigenvalue weighted by molar-refractivity contribution is 0.395. The molecule has 0 amide bonds. The maximum Gasteiger partial charge on any atom is 0.0630 e. The van der Waals surface area contributed by atoms with Crippen LogP contribution in [0.5, 0.6) is 0 Å². The Hall–Kier alpha value is -1.80. The van der Waals surface area contributed by atoms with Gasteiger partial charge in [-0.3, -0.25) is 4.99 Å². The Morgan fingerprint density at radius 3 is 2.54 bits per heavy atom. The van der Waals surface area contributed by atoms with Crippen molar-refractivity contribution >= 4 is 29.2 Å². The van der Waals surface area contributed by atoms with Crippen LogP contribution in [0.25, 0.3) is 0 Å². The van der Waals surface area contributed by atoms with Gasteiger partial charge in [0.05, 0.1) is 5.69 Å². The standard InChI is InChI=1S/C21H25ClN2/c1-14-10-20-19(15(2)12-21(3,4)24(20)5)11-16(14)13-23-18-8-6-17(22)7-9-18/h6-11,13,15H,12H2,1-5H3/t15-/m1/s1. The molecule has 1 heterocycles. The zero-order chi connectivity index (χ0) is 17.5. The molecule has 0 saturated carbocycles. The van der Waals surface area contributed by atoms with E-state index in [1.54, 1.807) is 0 Å². The van der Waals surface area contributed by atoms with Crippen molar-refractivity contribution in [3.05, 3.63) is 58.1 Å². The lowest BCUT2D eigenvalue weighted by Gasteiger charge is -2.45. The van der Waals surface area contributed by atoms with Crippen LogP contribution >= 0.6 is 11.6 Å². The number of nitrogens with zero attached hydrogens (tertiary/aromatic N) is 2. The van der Waals surface area contributed by atoms with Gasteiger partial charge in [0.15, 0.2) is 0 Å². The van der Waals surface area contributed by atoms with E-state index in [1.807, 2.05) is 30.5 Å². The van der Waals surface area contributed by atoms with Crippen LogP contribution in [0.15, 0.2) is 41.4 Å². The van der Waals surface area contributed by atoms with Crippen LogP contribution in [-0.4, -0.2) is 18.8 Å². The molecule has 0 fully saturated rings. The molecule has 3 heteroatoms. The van der Waals surface area contributed by atoms with E-state index in [1.165, 1.54) is 22.4 Å². The van der Waals surface area contributed by atoms with Gasteiger partial charge in [-0.1, -0.05) is 18.5 Å². The number of halogens is 1. The van der Waals surface area contributed by atoms with Crippen molar-refractivity contribution in [3.63, 3.8) is 0 Å². The Bertz CT molecular complexity index is 775. The average molecular weight is 341 g/mol. The van der Waals surface area contributed by atoms with Crippen LogP contribution < -0.4 is 4.90 Å². The molecule has 0 bridgehead atoms. The van der Waals surface area contributed by atoms with Gasteiger partial charge in [0.1, 0.15) is 0 Å². The van der Waals surface area contributed by atoms with E-state index in [4.69, 9.17) is 11.6 Å². The van der Waals surface area contributed by atoms with Crippen LogP contribution in [0.2, 0.25) is 5.02 Å². The number of rotatable bonds is 2. The highest BCUT2D eigenvalue weighted by molar-refractivity contribution is 6.30. The predicted octanol–water partition coefficient (Wildman–Crippen LogP) is 6.12. The minimum absolute atomic E-state index is 0.192. The number of hydrogen-bond donors (Lipinski definition) is 0. The van der Waals surface area contributed by atoms with Crippen LogP contribution in [0.1, 0.15) is 49.8 Å². The molecule has 24 heavy (non-hydrogen) atoms. The first-order valence-electron chi connectivity index (χ1n) is 8.46. The molecule has 1 atom stereocenters. The third kappa shape index (κ3) is 3.21. The molecule has 0 unspecified atom stereocenters. The van der Waals surface area contributed by atoms with Gasteiger partial charge in [-0.25, -0.2) is 0 Å². The van der Waals surface area contributed by atoms with Crippen molar-refractivity contribution < 1.29 is 0 Å². The van der Waals surface area contributed by atoms with Gasteiger partial charge >= 0.3 is 0 Å². The van der Waals surface area contributed by atoms with E-state index in [0.717, 1.165) is 17.1 Å². The Balaban J connectivity index is 1.97. The average Bonchev–Trinajstić information content (AvgIpc) is 2.52. The highest BCUT2D eigenvalue weighted by Crippen LogP contribution is 2.43. The van der Waals surface area contributed by atoms with Crippen molar-refractivity contribution in [1.82, 2.24) is 0 Å². The van der Waals surface area contributed by atoms with Crippen molar-refractivity contribution in [3.8, 4) is 0 Å². The molecule has 2 nitrogen and oxygen atoms in total. The molecule has 2 aromatic carbocycles. The van der Waals surface area contributed by atoms with Crippen molar-refractivity contribution in [2.24, 2.45) is 4.99 Å². The summed E-state index contributed by atoms with van der Waals surface area (Å²) in [6, 6.07) is 12.2. The first-order chi connectivity index (χ1) is 11.3. The molecule has 0 spiro atoms. The van der Waals surface area contributed by atoms with E-state index in [0.29, 0.717) is 5.92 Å². The van der Waals surface area contributed by atoms with Crippen LogP contribution in [0, 0.1) is 6.92 Å². The van der Waals surface area contributed by atoms with Gasteiger partial charge in [-0.15, -0.1) is 0 Å². The summed E-state index contributed by atoms with van der Waals surface area (Å²) in [6.45, 7) is 9.11. The maximum absolute atomic E-state index is 5.93. The third-order valence-electron chi connectivity index (χ3n) is 5.20. The van der Waals surface area contributed by atoms with Gasteiger partial charge < -0.3 is 4.90 Å². The molecule has 1 aliphatic heterocycles. The van der Waals surface area contributed by atoms with Gasteiger partial charge in [-0.05, 0) is 86.2 Å². The van der Waals surface area contributed by atoms with E-state index in [9.17, 15) is 0 Å². The molecule has 0 aliphatic carbocycles. The summed E-state index contributed by atoms with van der Waals surface area (Å²) in [6.07, 6.45) is 3.12. The topological polar surface area (TPSA) is 15.6 Å². The fraction of sp³-hybridized carbons (Fsp3) is 0.381. The second-order valence-corrected chi connectivity index (χ2v) is 7.92. The van der Waals surface area contributed by atoms with E-state index in [2.05, 4.69) is 56.8 Å². The van der Waals surface area contributed by atoms with Gasteiger partial charge in [0, 0.05) is 29.5 Å². The summed E-state index contributed by atoms with van der Waals surface area (Å²) in [5.41, 5.74) is 6.31. The molecular formula is C21H25ClN2. The molecular weight excluding hydrogens is 316 g/mol. The lowest BCUT2D eigenvalue weighted by Crippen LogP contribution is -2.45. The Labute approximate surface area is 150 Å². The number of anilines is 1. The van der Waals surface area contributed by atoms with Crippen molar-refractivity contribution in [1.29, 1.82) is 0 Å². The molecule has 0 radical (unpaired) electrons. The molecule has 0 saturated heterocycles. The Kier molecular flexibility index (Phi) is 4.44. The lowest BCUT2D eigenvalue weighted by atomic mass is 9.79. The summed E-state index contributed by atoms with van der Waals surface area (Å²) >= 11 is 5.93. The number of aryl methyl sites for hydroxylation is 1. The summed E-state index contributed by atoms with van der Waals surface area (Å²) < 4.78 is 0. The normalized spacial score (nSPS) is 19.6. The zero-order valence-corrected chi connectivity index (χ0v) is 15.9. The predicted molar refractivity (Wildman–Crippen MR) is 105 cm³/mol. The fourth-order valence-electron chi connectivity index (χ4n) is 3.54. The number of benzene rings is 2. The molecule has 2 aromatic rings. The van der Waals surface area contributed by atoms with Gasteiger partial charge in [-0.2, -0.15) is 0 Å². The van der Waals surface area contributed by atoms with Gasteiger partial charge in [0.25, 0.3) is 0 Å². The monoisotopic (exact) mass is 340 g/mol. The quantitative estimate of drug-likeness (QED) is 0.601. The largest absolute Gasteiger partial charge is 0.369 e. The summed E-state index contributed by atoms with van der Waals surface area (Å²) in [5.74, 6) is 0.550. The molecule has 0 N–H and O–H groups in total. The minimum Gasteiger partial charge on any atom is -0.369 e. The zero-order valence-electron chi connectivity index (χ0n) is 15.1. The van der Waals surface area contributed by atoms with E-state index < -0.39 is 0 Å². The molecule has 1 aliphatic rings. The summed E-state index contributed by atoms with van der Waals surface area (Å²) in [4.78, 5) is 7.01. The highest BCUT2D eigenvalue weighted by atomic mass is 35.5. The van der Waals surface area contributed by atoms with Gasteiger partial charge in [0.2, 0.25) is 0 Å². The summed E-state index contributed by atoms with van der Waals surface area (Å²) in [7, 11) is 2.20. The minimum atomic E-state index is 0.192. The maximum atomic E-state index is 5.93. The smallest absolute Gasteiger partial charge is 0.0630 e. The molecule has 3 rings (SSSR count). The fourth-order valence-corrected chi connectivity index (χ4v) is 3.67. The third-order valence-corrected chi connectivity index (χ3v) is 5.45. The first-order valence-corrected chi connectivity index (χ1v) is 8.84. The summed E-state index contributed by atoms with van der Waals surface area (Å²) in [5, 5.41) is 0.735. The van der Waals surface area contributed by atoms with Crippen LogP contribution in [-0.2, 0) is 0 Å². The number of hydrogen-bond acceptors (Lipinski definition) is 2. The number of aliphatic imine (C=N–C) groups is 1. The van der Waals surface area contributed by atoms with Crippen LogP contribution in [0.4, 0.5) is 11.4 Å². The first kappa shape index (κ1) is 17.0.